The molecular weight excluding hydrogens is 332 g/mol. The van der Waals surface area contributed by atoms with Crippen LogP contribution in [0.25, 0.3) is 0 Å². The maximum absolute atomic E-state index is 5.49. The number of alkyl halides is 1. The van der Waals surface area contributed by atoms with Gasteiger partial charge in [-0.1, -0.05) is 40.2 Å². The number of hydrogen-bond donors (Lipinski definition) is 0. The van der Waals surface area contributed by atoms with Gasteiger partial charge in [-0.15, -0.1) is 0 Å². The maximum atomic E-state index is 5.49. The molecule has 0 saturated heterocycles. The summed E-state index contributed by atoms with van der Waals surface area (Å²) in [7, 11) is 4.98. The lowest BCUT2D eigenvalue weighted by Crippen LogP contribution is -2.00. The minimum atomic E-state index is 0.149. The topological polar surface area (TPSA) is 27.7 Å². The average molecular weight is 351 g/mol. The van der Waals surface area contributed by atoms with E-state index in [-0.39, 0.29) is 4.83 Å². The standard InChI is InChI=1S/C17H19BrO3/c1-19-13-9-7-12(8-10-13)11-15(18)14-5-4-6-16(20-2)17(14)21-3/h4-10,15H,11H2,1-3H3. The van der Waals surface area contributed by atoms with Gasteiger partial charge in [0.15, 0.2) is 11.5 Å². The summed E-state index contributed by atoms with van der Waals surface area (Å²) in [4.78, 5) is 0.149. The Bertz CT molecular complexity index is 581. The van der Waals surface area contributed by atoms with Crippen LogP contribution in [0.15, 0.2) is 42.5 Å². The van der Waals surface area contributed by atoms with E-state index in [0.29, 0.717) is 0 Å². The molecule has 0 saturated carbocycles. The Labute approximate surface area is 134 Å². The summed E-state index contributed by atoms with van der Waals surface area (Å²) in [6.45, 7) is 0. The van der Waals surface area contributed by atoms with Crippen LogP contribution in [0.2, 0.25) is 0 Å². The number of hydrogen-bond acceptors (Lipinski definition) is 3. The average Bonchev–Trinajstić information content (AvgIpc) is 2.54. The summed E-state index contributed by atoms with van der Waals surface area (Å²) in [6, 6.07) is 14.0. The Morgan fingerprint density at radius 1 is 0.905 bits per heavy atom. The monoisotopic (exact) mass is 350 g/mol. The largest absolute Gasteiger partial charge is 0.497 e. The SMILES string of the molecule is COc1ccc(CC(Br)c2cccc(OC)c2OC)cc1. The molecule has 0 heterocycles. The second kappa shape index (κ2) is 7.36. The Morgan fingerprint density at radius 2 is 1.62 bits per heavy atom. The van der Waals surface area contributed by atoms with Gasteiger partial charge in [-0.3, -0.25) is 0 Å². The zero-order valence-electron chi connectivity index (χ0n) is 12.4. The molecule has 0 bridgehead atoms. The van der Waals surface area contributed by atoms with Crippen LogP contribution in [0.3, 0.4) is 0 Å². The molecule has 2 aromatic carbocycles. The molecule has 4 heteroatoms. The zero-order chi connectivity index (χ0) is 15.2. The van der Waals surface area contributed by atoms with Crippen molar-refractivity contribution >= 4 is 15.9 Å². The fraction of sp³-hybridized carbons (Fsp3) is 0.294. The van der Waals surface area contributed by atoms with Gasteiger partial charge in [0.05, 0.1) is 21.3 Å². The molecule has 2 aromatic rings. The molecule has 0 fully saturated rings. The van der Waals surface area contributed by atoms with Gasteiger partial charge in [0, 0.05) is 10.4 Å². The lowest BCUT2D eigenvalue weighted by molar-refractivity contribution is 0.351. The van der Waals surface area contributed by atoms with Crippen LogP contribution in [0, 0.1) is 0 Å². The summed E-state index contributed by atoms with van der Waals surface area (Å²) in [5, 5.41) is 0. The van der Waals surface area contributed by atoms with E-state index in [2.05, 4.69) is 28.1 Å². The first kappa shape index (κ1) is 15.7. The molecule has 0 aliphatic heterocycles. The van der Waals surface area contributed by atoms with Crippen LogP contribution in [-0.2, 0) is 6.42 Å². The van der Waals surface area contributed by atoms with Crippen LogP contribution < -0.4 is 14.2 Å². The second-order valence-electron chi connectivity index (χ2n) is 4.60. The van der Waals surface area contributed by atoms with Crippen molar-refractivity contribution in [1.82, 2.24) is 0 Å². The number of halogens is 1. The predicted octanol–water partition coefficient (Wildman–Crippen LogP) is 4.39. The van der Waals surface area contributed by atoms with E-state index < -0.39 is 0 Å². The van der Waals surface area contributed by atoms with E-state index in [4.69, 9.17) is 14.2 Å². The predicted molar refractivity (Wildman–Crippen MR) is 87.9 cm³/mol. The number of benzene rings is 2. The van der Waals surface area contributed by atoms with Gasteiger partial charge in [-0.25, -0.2) is 0 Å². The molecule has 112 valence electrons. The van der Waals surface area contributed by atoms with Crippen molar-refractivity contribution in [3.05, 3.63) is 53.6 Å². The number of para-hydroxylation sites is 1. The maximum Gasteiger partial charge on any atom is 0.165 e. The van der Waals surface area contributed by atoms with Crippen molar-refractivity contribution in [2.45, 2.75) is 11.2 Å². The molecule has 1 unspecified atom stereocenters. The molecular formula is C17H19BrO3. The molecule has 0 radical (unpaired) electrons. The molecule has 0 N–H and O–H groups in total. The van der Waals surface area contributed by atoms with Gasteiger partial charge in [-0.05, 0) is 30.2 Å². The molecule has 0 amide bonds. The fourth-order valence-electron chi connectivity index (χ4n) is 2.24. The van der Waals surface area contributed by atoms with Crippen LogP contribution in [-0.4, -0.2) is 21.3 Å². The molecule has 3 nitrogen and oxygen atoms in total. The van der Waals surface area contributed by atoms with E-state index in [0.717, 1.165) is 29.2 Å². The molecule has 0 aliphatic rings. The highest BCUT2D eigenvalue weighted by Crippen LogP contribution is 2.39. The summed E-state index contributed by atoms with van der Waals surface area (Å²) in [5.74, 6) is 2.38. The van der Waals surface area contributed by atoms with E-state index >= 15 is 0 Å². The Kier molecular flexibility index (Phi) is 5.51. The van der Waals surface area contributed by atoms with Gasteiger partial charge in [0.1, 0.15) is 5.75 Å². The highest BCUT2D eigenvalue weighted by Gasteiger charge is 2.17. The van der Waals surface area contributed by atoms with Crippen LogP contribution in [0.4, 0.5) is 0 Å². The molecule has 1 atom stereocenters. The fourth-order valence-corrected chi connectivity index (χ4v) is 2.97. The minimum absolute atomic E-state index is 0.149. The number of rotatable bonds is 6. The summed E-state index contributed by atoms with van der Waals surface area (Å²) < 4.78 is 16.0. The molecule has 0 aliphatic carbocycles. The summed E-state index contributed by atoms with van der Waals surface area (Å²) >= 11 is 3.75. The Morgan fingerprint density at radius 3 is 2.19 bits per heavy atom. The first-order valence-corrected chi connectivity index (χ1v) is 7.59. The smallest absolute Gasteiger partial charge is 0.165 e. The third kappa shape index (κ3) is 3.70. The van der Waals surface area contributed by atoms with Gasteiger partial charge in [0.25, 0.3) is 0 Å². The molecule has 0 aromatic heterocycles. The van der Waals surface area contributed by atoms with E-state index in [1.165, 1.54) is 5.56 Å². The van der Waals surface area contributed by atoms with Crippen LogP contribution >= 0.6 is 15.9 Å². The lowest BCUT2D eigenvalue weighted by Gasteiger charge is -2.17. The third-order valence-electron chi connectivity index (χ3n) is 3.34. The second-order valence-corrected chi connectivity index (χ2v) is 5.71. The Balaban J connectivity index is 2.21. The third-order valence-corrected chi connectivity index (χ3v) is 4.16. The van der Waals surface area contributed by atoms with Gasteiger partial charge in [-0.2, -0.15) is 0 Å². The van der Waals surface area contributed by atoms with Gasteiger partial charge in [0.2, 0.25) is 0 Å². The first-order chi connectivity index (χ1) is 10.2. The van der Waals surface area contributed by atoms with Crippen molar-refractivity contribution in [2.24, 2.45) is 0 Å². The number of ether oxygens (including phenoxy) is 3. The first-order valence-electron chi connectivity index (χ1n) is 6.67. The van der Waals surface area contributed by atoms with Crippen molar-refractivity contribution in [2.75, 3.05) is 21.3 Å². The van der Waals surface area contributed by atoms with Gasteiger partial charge < -0.3 is 14.2 Å². The van der Waals surface area contributed by atoms with E-state index in [9.17, 15) is 0 Å². The van der Waals surface area contributed by atoms with Crippen molar-refractivity contribution < 1.29 is 14.2 Å². The van der Waals surface area contributed by atoms with Crippen molar-refractivity contribution in [1.29, 1.82) is 0 Å². The Hall–Kier alpha value is -1.68. The minimum Gasteiger partial charge on any atom is -0.497 e. The van der Waals surface area contributed by atoms with Gasteiger partial charge >= 0.3 is 0 Å². The molecule has 21 heavy (non-hydrogen) atoms. The summed E-state index contributed by atoms with van der Waals surface area (Å²) in [5.41, 5.74) is 2.30. The highest BCUT2D eigenvalue weighted by molar-refractivity contribution is 9.09. The van der Waals surface area contributed by atoms with E-state index in [1.807, 2.05) is 30.3 Å². The van der Waals surface area contributed by atoms with Crippen molar-refractivity contribution in [3.63, 3.8) is 0 Å². The summed E-state index contributed by atoms with van der Waals surface area (Å²) in [6.07, 6.45) is 0.855. The highest BCUT2D eigenvalue weighted by atomic mass is 79.9. The zero-order valence-corrected chi connectivity index (χ0v) is 14.0. The lowest BCUT2D eigenvalue weighted by atomic mass is 10.0. The molecule has 2 rings (SSSR count). The van der Waals surface area contributed by atoms with Crippen LogP contribution in [0.5, 0.6) is 17.2 Å². The van der Waals surface area contributed by atoms with Crippen LogP contribution in [0.1, 0.15) is 16.0 Å². The quantitative estimate of drug-likeness (QED) is 0.723. The van der Waals surface area contributed by atoms with Crippen molar-refractivity contribution in [3.8, 4) is 17.2 Å². The van der Waals surface area contributed by atoms with E-state index in [1.54, 1.807) is 21.3 Å². The normalized spacial score (nSPS) is 11.8. The molecule has 0 spiro atoms. The number of methoxy groups -OCH3 is 3.